The normalized spacial score (nSPS) is 36.0. The number of hydrogen-bond acceptors (Lipinski definition) is 36. The van der Waals surface area contributed by atoms with E-state index >= 15 is 0 Å². The van der Waals surface area contributed by atoms with E-state index in [0.717, 1.165) is 5.56 Å². The molecular formula is C74H140N3O38P. The van der Waals surface area contributed by atoms with Crippen LogP contribution in [0, 0.1) is 41.4 Å². The average Bonchev–Trinajstić information content (AvgIpc) is 0.776. The van der Waals surface area contributed by atoms with Crippen molar-refractivity contribution < 1.29 is 190 Å². The average molecular weight is 1710 g/mol. The summed E-state index contributed by atoms with van der Waals surface area (Å²) in [5, 5.41) is 237. The Labute approximate surface area is 676 Å². The van der Waals surface area contributed by atoms with Crippen LogP contribution in [0.3, 0.4) is 0 Å². The lowest BCUT2D eigenvalue weighted by atomic mass is 9.78. The minimum Gasteiger partial charge on any atom is -0.479 e. The zero-order valence-corrected chi connectivity index (χ0v) is 69.6. The van der Waals surface area contributed by atoms with Crippen LogP contribution in [0.2, 0.25) is 0 Å². The molecule has 116 heavy (non-hydrogen) atoms. The van der Waals surface area contributed by atoms with E-state index in [1.54, 1.807) is 27.7 Å². The summed E-state index contributed by atoms with van der Waals surface area (Å²) in [6.07, 6.45) is -31.8. The van der Waals surface area contributed by atoms with E-state index in [2.05, 4.69) is 5.32 Å². The maximum Gasteiger partial charge on any atom is 0.336 e. The molecule has 32 N–H and O–H groups in total. The number of benzene rings is 1. The Morgan fingerprint density at radius 1 is 0.474 bits per heavy atom. The van der Waals surface area contributed by atoms with Crippen molar-refractivity contribution in [3.63, 3.8) is 0 Å². The SMILES string of the molecule is CC(C)C(=O)C(Cc1ccccc1)NC(=O)CN.CC(C)P(=O)(O)O.CC(C)[C@@H]1O[C@H](C(=O)O)[C@@H](O)[C@H](O)[C@H]1O.CC(C)[C@@H]1O[C@H](CO)[C@@H](O)[C@H](O)[C@H]1O.CC(C)[C@@H]1O[C@H](CO)[C@H](O)[C@H](O)[C@H]1O.CC(C)[C@H]1O[C@H](CO)[C@@H](O)[C@H](O)[C@H]1O.CC(C)[C@H]1O[C@H](CO)[C@H](O)[C@H](O)[C@H]1O.CC(C)[C@]1(C(=O)O)C[C@H](O)[C@@H](N)[C@H]([C@H](O)[C@H](O)CO)O1. The van der Waals surface area contributed by atoms with Crippen LogP contribution in [0.5, 0.6) is 0 Å². The minimum absolute atomic E-state index is 0.0150. The van der Waals surface area contributed by atoms with Crippen molar-refractivity contribution in [1.29, 1.82) is 0 Å². The van der Waals surface area contributed by atoms with E-state index < -0.39 is 232 Å². The molecular weight excluding hydrogens is 1570 g/mol. The summed E-state index contributed by atoms with van der Waals surface area (Å²) in [4.78, 5) is 62.0. The number of rotatable bonds is 22. The molecule has 6 heterocycles. The number of aliphatic carboxylic acids is 2. The van der Waals surface area contributed by atoms with Gasteiger partial charge in [-0.2, -0.15) is 0 Å². The third kappa shape index (κ3) is 32.8. The number of carboxylic acid groups (broad SMARTS) is 2. The van der Waals surface area contributed by atoms with Crippen molar-refractivity contribution in [2.75, 3.05) is 39.6 Å². The Balaban J connectivity index is 0.00000132. The van der Waals surface area contributed by atoms with Gasteiger partial charge in [-0.3, -0.25) is 14.2 Å². The van der Waals surface area contributed by atoms with Crippen LogP contribution in [0.1, 0.15) is 123 Å². The van der Waals surface area contributed by atoms with E-state index in [4.69, 9.17) is 80.3 Å². The lowest BCUT2D eigenvalue weighted by molar-refractivity contribution is -0.238. The third-order valence-electron chi connectivity index (χ3n) is 20.2. The number of ether oxygens (including phenoxy) is 6. The number of amides is 1. The summed E-state index contributed by atoms with van der Waals surface area (Å²) >= 11 is 0. The number of aliphatic hydroxyl groups excluding tert-OH is 23. The molecule has 7 rings (SSSR count). The maximum absolute atomic E-state index is 12.0. The smallest absolute Gasteiger partial charge is 0.336 e. The van der Waals surface area contributed by atoms with Crippen LogP contribution in [0.15, 0.2) is 30.3 Å². The monoisotopic (exact) mass is 1710 g/mol. The molecule has 32 atom stereocenters. The van der Waals surface area contributed by atoms with E-state index in [9.17, 15) is 121 Å². The molecule has 6 fully saturated rings. The third-order valence-corrected chi connectivity index (χ3v) is 21.5. The Hall–Kier alpha value is -3.79. The second-order valence-corrected chi connectivity index (χ2v) is 34.2. The van der Waals surface area contributed by atoms with Crippen LogP contribution in [-0.4, -0.2) is 401 Å². The minimum atomic E-state index is -3.74. The van der Waals surface area contributed by atoms with Crippen molar-refractivity contribution in [2.45, 2.75) is 324 Å². The molecule has 1 aromatic carbocycles. The summed E-state index contributed by atoms with van der Waals surface area (Å²) in [6, 6.07) is 8.07. The molecule has 0 radical (unpaired) electrons. The first-order chi connectivity index (χ1) is 53.5. The van der Waals surface area contributed by atoms with Gasteiger partial charge in [0.2, 0.25) is 5.91 Å². The number of ketones is 1. The summed E-state index contributed by atoms with van der Waals surface area (Å²) in [6.45, 7) is 25.7. The van der Waals surface area contributed by atoms with Gasteiger partial charge in [0.05, 0.1) is 93.9 Å². The first kappa shape index (κ1) is 112. The van der Waals surface area contributed by atoms with Gasteiger partial charge in [-0.05, 0) is 47.5 Å². The number of nitrogens with one attached hydrogen (secondary N) is 1. The molecule has 0 aliphatic carbocycles. The highest BCUT2D eigenvalue weighted by atomic mass is 31.2. The highest BCUT2D eigenvalue weighted by molar-refractivity contribution is 7.52. The van der Waals surface area contributed by atoms with Gasteiger partial charge in [0.1, 0.15) is 134 Å². The summed E-state index contributed by atoms with van der Waals surface area (Å²) < 4.78 is 41.7. The number of Topliss-reactive ketones (excluding diaryl/α,β-unsaturated/α-hetero) is 1. The molecule has 0 spiro atoms. The van der Waals surface area contributed by atoms with Gasteiger partial charge in [0.25, 0.3) is 0 Å². The molecule has 1 aromatic rings. The van der Waals surface area contributed by atoms with Gasteiger partial charge >= 0.3 is 19.5 Å². The standard InChI is InChI=1S/C14H20N2O2.C12H23NO7.C9H16O6.4C9H18O5.C3H9O3P/c1-10(2)14(18)12(16-13(17)9-15)8-11-6-4-3-5-7-11;1-5(2)12(11(18)19)3-6(15)8(13)10(20-12)9(17)7(16)4-14;1-3(2)7-5(11)4(10)6(12)8(15-7)9(13)14;4*1-4(2)9-8(13)7(12)6(11)5(3-10)14-9;1-3(2)7(4,5)6/h3-7,10,12H,8-9,15H2,1-2H3,(H,16,17);5-10,14-17H,3-4,13H2,1-2H3,(H,18,19);3-8,10-12H,1-2H3,(H,13,14);4*4-13H,3H2,1-2H3;3H,1-2H3,(H2,4,5,6)/t;6-,7+,8+,9+,10+,12-;4-,5-,6+,7+,8+;5-,6+,7+,8-,9+;5-,6+,7+,8-,9-;5-,6-,7+,8-,9+;5-,6-,7+,8-,9-;/m.011111./s1. The van der Waals surface area contributed by atoms with Gasteiger partial charge in [0.15, 0.2) is 17.5 Å². The van der Waals surface area contributed by atoms with Gasteiger partial charge in [-0.1, -0.05) is 141 Å². The second-order valence-electron chi connectivity index (χ2n) is 32.0. The molecule has 1 unspecified atom stereocenters. The van der Waals surface area contributed by atoms with Gasteiger partial charge in [-0.25, -0.2) is 9.59 Å². The van der Waals surface area contributed by atoms with E-state index in [-0.39, 0.29) is 86.6 Å². The van der Waals surface area contributed by atoms with Gasteiger partial charge in [-0.15, -0.1) is 0 Å². The Morgan fingerprint density at radius 2 is 0.776 bits per heavy atom. The molecule has 6 aliphatic rings. The molecule has 0 bridgehead atoms. The quantitative estimate of drug-likeness (QED) is 0.0480. The van der Waals surface area contributed by atoms with Crippen molar-refractivity contribution in [1.82, 2.24) is 5.32 Å². The molecule has 1 amide bonds. The Kier molecular flexibility index (Phi) is 50.9. The van der Waals surface area contributed by atoms with E-state index in [0.29, 0.717) is 6.42 Å². The molecule has 0 aromatic heterocycles. The van der Waals surface area contributed by atoms with Gasteiger partial charge < -0.3 is 183 Å². The summed E-state index contributed by atoms with van der Waals surface area (Å²) in [5.41, 5.74) is 9.77. The summed E-state index contributed by atoms with van der Waals surface area (Å²) in [7, 11) is -3.74. The zero-order chi connectivity index (χ0) is 90.5. The van der Waals surface area contributed by atoms with Crippen molar-refractivity contribution in [3.05, 3.63) is 35.9 Å². The predicted molar refractivity (Wildman–Crippen MR) is 410 cm³/mol. The topological polar surface area (TPSA) is 751 Å². The number of aliphatic hydroxyl groups is 23. The number of nitrogens with two attached hydrogens (primary N) is 2. The maximum atomic E-state index is 12.0. The van der Waals surface area contributed by atoms with E-state index in [1.165, 1.54) is 13.8 Å². The van der Waals surface area contributed by atoms with Crippen LogP contribution in [-0.2, 0) is 58.6 Å². The molecule has 0 saturated carbocycles. The Morgan fingerprint density at radius 3 is 1.02 bits per heavy atom. The van der Waals surface area contributed by atoms with Crippen molar-refractivity contribution >= 4 is 31.2 Å². The fourth-order valence-electron chi connectivity index (χ4n) is 12.5. The first-order valence-electron chi connectivity index (χ1n) is 38.5. The number of carbonyl (C=O) groups excluding carboxylic acids is 2. The largest absolute Gasteiger partial charge is 0.479 e. The fraction of sp³-hybridized carbons (Fsp3) is 0.865. The highest BCUT2D eigenvalue weighted by Crippen LogP contribution is 2.40. The van der Waals surface area contributed by atoms with Crippen LogP contribution >= 0.6 is 7.60 Å². The van der Waals surface area contributed by atoms with Crippen LogP contribution < -0.4 is 16.8 Å². The summed E-state index contributed by atoms with van der Waals surface area (Å²) in [5.74, 6) is -3.58. The highest BCUT2D eigenvalue weighted by Gasteiger charge is 2.56. The van der Waals surface area contributed by atoms with Crippen molar-refractivity contribution in [3.8, 4) is 0 Å². The van der Waals surface area contributed by atoms with Gasteiger partial charge in [0, 0.05) is 12.3 Å². The van der Waals surface area contributed by atoms with Crippen LogP contribution in [0.4, 0.5) is 0 Å². The van der Waals surface area contributed by atoms with Crippen molar-refractivity contribution in [2.24, 2.45) is 52.9 Å². The molecule has 684 valence electrons. The molecule has 42 heteroatoms. The van der Waals surface area contributed by atoms with E-state index in [1.807, 2.05) is 99.6 Å². The fourth-order valence-corrected chi connectivity index (χ4v) is 12.5. The lowest BCUT2D eigenvalue weighted by Crippen LogP contribution is -2.67. The zero-order valence-electron chi connectivity index (χ0n) is 68.7. The number of carbonyl (C=O) groups is 4. The Bertz CT molecular complexity index is 2780. The lowest BCUT2D eigenvalue weighted by Gasteiger charge is -2.47. The molecule has 6 saturated heterocycles. The molecule has 41 nitrogen and oxygen atoms in total. The molecule has 6 aliphatic heterocycles. The predicted octanol–water partition coefficient (Wildman–Crippen LogP) is -8.36. The first-order valence-corrected chi connectivity index (χ1v) is 40.2. The number of hydrogen-bond donors (Lipinski definition) is 30. The number of carboxylic acids is 2. The second kappa shape index (κ2) is 52.6. The van der Waals surface area contributed by atoms with Crippen LogP contribution in [0.25, 0.3) is 0 Å².